The van der Waals surface area contributed by atoms with Crippen molar-refractivity contribution in [2.45, 2.75) is 46.0 Å². The van der Waals surface area contributed by atoms with Gasteiger partial charge in [0.2, 0.25) is 0 Å². The molecule has 2 aromatic rings. The predicted molar refractivity (Wildman–Crippen MR) is 107 cm³/mol. The van der Waals surface area contributed by atoms with Crippen LogP contribution < -0.4 is 0 Å². The number of hydrogen-bond acceptors (Lipinski definition) is 4. The van der Waals surface area contributed by atoms with Crippen molar-refractivity contribution in [3.8, 4) is 12.1 Å². The van der Waals surface area contributed by atoms with Crippen molar-refractivity contribution in [2.24, 2.45) is 0 Å². The van der Waals surface area contributed by atoms with Crippen LogP contribution in [0.2, 0.25) is 0 Å². The van der Waals surface area contributed by atoms with E-state index in [1.165, 1.54) is 20.9 Å². The Morgan fingerprint density at radius 3 is 1.50 bits per heavy atom. The molecule has 0 amide bonds. The fraction of sp³-hybridized carbons (Fsp3) is 0.273. The molecule has 0 spiro atoms. The lowest BCUT2D eigenvalue weighted by atomic mass is 9.84. The second-order valence-corrected chi connectivity index (χ2v) is 10.3. The first-order valence-electron chi connectivity index (χ1n) is 8.58. The van der Waals surface area contributed by atoms with Crippen LogP contribution >= 0.6 is 23.5 Å². The summed E-state index contributed by atoms with van der Waals surface area (Å²) in [5.41, 5.74) is 3.78. The topological polar surface area (TPSA) is 47.6 Å². The Morgan fingerprint density at radius 2 is 1.15 bits per heavy atom. The van der Waals surface area contributed by atoms with Crippen molar-refractivity contribution in [3.63, 3.8) is 0 Å². The summed E-state index contributed by atoms with van der Waals surface area (Å²) in [5.74, 6) is 0. The summed E-state index contributed by atoms with van der Waals surface area (Å²) in [7, 11) is 0. The van der Waals surface area contributed by atoms with Gasteiger partial charge in [0.1, 0.15) is 0 Å². The van der Waals surface area contributed by atoms with Gasteiger partial charge in [-0.25, -0.2) is 0 Å². The second kappa shape index (κ2) is 6.23. The zero-order valence-electron chi connectivity index (χ0n) is 14.7. The Kier molecular flexibility index (Phi) is 4.14. The summed E-state index contributed by atoms with van der Waals surface area (Å²) in [6.45, 7) is 4.20. The molecule has 0 aliphatic carbocycles. The number of rotatable bonds is 2. The van der Waals surface area contributed by atoms with E-state index < -0.39 is 0 Å². The van der Waals surface area contributed by atoms with E-state index in [2.05, 4.69) is 50.3 Å². The summed E-state index contributed by atoms with van der Waals surface area (Å²) in [6.07, 6.45) is 1.57. The van der Waals surface area contributed by atoms with Gasteiger partial charge in [-0.3, -0.25) is 0 Å². The molecule has 0 fully saturated rings. The van der Waals surface area contributed by atoms with Gasteiger partial charge in [-0.2, -0.15) is 10.5 Å². The molecular weight excluding hydrogens is 356 g/mol. The van der Waals surface area contributed by atoms with E-state index in [0.717, 1.165) is 12.8 Å². The molecule has 4 heteroatoms. The largest absolute Gasteiger partial charge is 0.193 e. The first kappa shape index (κ1) is 17.3. The molecule has 26 heavy (non-hydrogen) atoms. The van der Waals surface area contributed by atoms with Crippen LogP contribution in [-0.4, -0.2) is 9.49 Å². The van der Waals surface area contributed by atoms with Crippen molar-refractivity contribution in [1.29, 1.82) is 10.5 Å². The third-order valence-corrected chi connectivity index (χ3v) is 8.04. The van der Waals surface area contributed by atoms with Crippen LogP contribution in [0.4, 0.5) is 0 Å². The third kappa shape index (κ3) is 2.65. The average Bonchev–Trinajstić information content (AvgIpc) is 3.15. The van der Waals surface area contributed by atoms with Gasteiger partial charge in [-0.05, 0) is 49.9 Å². The van der Waals surface area contributed by atoms with E-state index in [-0.39, 0.29) is 9.49 Å². The minimum Gasteiger partial charge on any atom is -0.193 e. The van der Waals surface area contributed by atoms with Gasteiger partial charge >= 0.3 is 0 Å². The summed E-state index contributed by atoms with van der Waals surface area (Å²) in [5, 5.41) is 20.1. The summed E-state index contributed by atoms with van der Waals surface area (Å²) < 4.78 is -0.774. The molecule has 2 aromatic carbocycles. The summed E-state index contributed by atoms with van der Waals surface area (Å²) in [6, 6.07) is 21.4. The SMILES string of the molecule is CC1(C(C#N)=C(C#N)C2(C)Cc3ccccc3S2)Cc2ccccc2S1. The van der Waals surface area contributed by atoms with E-state index >= 15 is 0 Å². The Bertz CT molecular complexity index is 876. The van der Waals surface area contributed by atoms with Gasteiger partial charge in [0, 0.05) is 9.79 Å². The lowest BCUT2D eigenvalue weighted by Gasteiger charge is -2.29. The quantitative estimate of drug-likeness (QED) is 0.647. The van der Waals surface area contributed by atoms with E-state index in [9.17, 15) is 10.5 Å². The normalized spacial score (nSPS) is 27.1. The van der Waals surface area contributed by atoms with Crippen LogP contribution in [-0.2, 0) is 12.8 Å². The van der Waals surface area contributed by atoms with Crippen LogP contribution in [0, 0.1) is 22.7 Å². The van der Waals surface area contributed by atoms with Crippen LogP contribution in [0.5, 0.6) is 0 Å². The highest BCUT2D eigenvalue weighted by molar-refractivity contribution is 8.01. The zero-order chi connectivity index (χ0) is 18.4. The van der Waals surface area contributed by atoms with Crippen molar-refractivity contribution >= 4 is 23.5 Å². The molecular formula is C22H18N2S2. The van der Waals surface area contributed by atoms with E-state index in [0.29, 0.717) is 11.1 Å². The minimum absolute atomic E-state index is 0.387. The summed E-state index contributed by atoms with van der Waals surface area (Å²) in [4.78, 5) is 2.43. The first-order chi connectivity index (χ1) is 12.5. The van der Waals surface area contributed by atoms with Crippen molar-refractivity contribution in [3.05, 3.63) is 70.8 Å². The maximum absolute atomic E-state index is 10.0. The Morgan fingerprint density at radius 1 is 0.769 bits per heavy atom. The number of benzene rings is 2. The molecule has 2 aliphatic heterocycles. The highest BCUT2D eigenvalue weighted by Gasteiger charge is 2.45. The minimum atomic E-state index is -0.387. The van der Waals surface area contributed by atoms with E-state index in [4.69, 9.17) is 0 Å². The Hall–Kier alpha value is -2.14. The molecule has 0 aromatic heterocycles. The van der Waals surface area contributed by atoms with Crippen LogP contribution in [0.25, 0.3) is 0 Å². The Labute approximate surface area is 162 Å². The van der Waals surface area contributed by atoms with Crippen molar-refractivity contribution in [2.75, 3.05) is 0 Å². The molecule has 2 atom stereocenters. The third-order valence-electron chi connectivity index (χ3n) is 5.20. The Balaban J connectivity index is 1.78. The van der Waals surface area contributed by atoms with Gasteiger partial charge in [0.15, 0.2) is 0 Å². The fourth-order valence-electron chi connectivity index (χ4n) is 3.94. The molecule has 2 heterocycles. The maximum atomic E-state index is 10.0. The van der Waals surface area contributed by atoms with Crippen LogP contribution in [0.3, 0.4) is 0 Å². The number of hydrogen-bond donors (Lipinski definition) is 0. The predicted octanol–water partition coefficient (Wildman–Crippen LogP) is 5.54. The number of fused-ring (bicyclic) bond motifs is 2. The molecule has 0 bridgehead atoms. The monoisotopic (exact) mass is 374 g/mol. The molecule has 4 rings (SSSR count). The number of nitriles is 2. The number of thioether (sulfide) groups is 2. The van der Waals surface area contributed by atoms with Crippen molar-refractivity contribution < 1.29 is 0 Å². The van der Waals surface area contributed by atoms with Crippen LogP contribution in [0.1, 0.15) is 25.0 Å². The smallest absolute Gasteiger partial charge is 0.0973 e. The van der Waals surface area contributed by atoms with Crippen LogP contribution in [0.15, 0.2) is 69.5 Å². The molecule has 2 aliphatic rings. The molecule has 0 N–H and O–H groups in total. The highest BCUT2D eigenvalue weighted by Crippen LogP contribution is 2.54. The second-order valence-electron chi connectivity index (χ2n) is 7.21. The van der Waals surface area contributed by atoms with Gasteiger partial charge in [-0.15, -0.1) is 23.5 Å². The van der Waals surface area contributed by atoms with Gasteiger partial charge in [0.05, 0.1) is 32.8 Å². The van der Waals surface area contributed by atoms with Gasteiger partial charge in [-0.1, -0.05) is 36.4 Å². The maximum Gasteiger partial charge on any atom is 0.0973 e. The lowest BCUT2D eigenvalue weighted by Crippen LogP contribution is -2.30. The number of nitrogens with zero attached hydrogens (tertiary/aromatic N) is 2. The highest BCUT2D eigenvalue weighted by atomic mass is 32.2. The molecule has 0 saturated heterocycles. The van der Waals surface area contributed by atoms with E-state index in [1.807, 2.05) is 24.3 Å². The molecule has 0 saturated carbocycles. The van der Waals surface area contributed by atoms with Gasteiger partial charge < -0.3 is 0 Å². The zero-order valence-corrected chi connectivity index (χ0v) is 16.4. The van der Waals surface area contributed by atoms with Gasteiger partial charge in [0.25, 0.3) is 0 Å². The standard InChI is InChI=1S/C22H18N2S2/c1-21(11-15-7-3-5-9-19(15)25-21)17(13-23)18(14-24)22(2)12-16-8-4-6-10-20(16)26-22/h3-10H,11-12H2,1-2H3. The molecule has 2 nitrogen and oxygen atoms in total. The summed E-state index contributed by atoms with van der Waals surface area (Å²) >= 11 is 3.43. The molecule has 128 valence electrons. The van der Waals surface area contributed by atoms with Crippen molar-refractivity contribution in [1.82, 2.24) is 0 Å². The van der Waals surface area contributed by atoms with E-state index in [1.54, 1.807) is 23.5 Å². The molecule has 2 unspecified atom stereocenters. The lowest BCUT2D eigenvalue weighted by molar-refractivity contribution is 0.717. The first-order valence-corrected chi connectivity index (χ1v) is 10.2. The molecule has 0 radical (unpaired) electrons. The average molecular weight is 375 g/mol. The fourth-order valence-corrected chi connectivity index (χ4v) is 6.70.